The van der Waals surface area contributed by atoms with Gasteiger partial charge in [-0.15, -0.1) is 0 Å². The summed E-state index contributed by atoms with van der Waals surface area (Å²) in [6, 6.07) is 0. The molecule has 1 saturated carbocycles. The molecule has 4 nitrogen and oxygen atoms in total. The molecule has 0 aromatic heterocycles. The standard InChI is InChI=1S/C14H28N2O2/c1-15(2)10-11-16(12-14(17)18)9-8-13-6-4-3-5-7-13/h13H,3-12H2,1-2H3,(H,17,18). The Kier molecular flexibility index (Phi) is 7.28. The molecule has 1 fully saturated rings. The fraction of sp³-hybridized carbons (Fsp3) is 0.929. The quantitative estimate of drug-likeness (QED) is 0.720. The van der Waals surface area contributed by atoms with Crippen LogP contribution in [0.1, 0.15) is 38.5 Å². The lowest BCUT2D eigenvalue weighted by Gasteiger charge is -2.26. The van der Waals surface area contributed by atoms with E-state index < -0.39 is 5.97 Å². The number of hydrogen-bond donors (Lipinski definition) is 1. The lowest BCUT2D eigenvalue weighted by atomic mass is 9.87. The van der Waals surface area contributed by atoms with Gasteiger partial charge >= 0.3 is 5.97 Å². The van der Waals surface area contributed by atoms with E-state index in [0.717, 1.165) is 25.6 Å². The number of rotatable bonds is 8. The molecule has 0 atom stereocenters. The minimum atomic E-state index is -0.711. The molecule has 0 aromatic carbocycles. The summed E-state index contributed by atoms with van der Waals surface area (Å²) in [5.74, 6) is 0.117. The fourth-order valence-electron chi connectivity index (χ4n) is 2.64. The first-order valence-electron chi connectivity index (χ1n) is 7.17. The average molecular weight is 256 g/mol. The summed E-state index contributed by atoms with van der Waals surface area (Å²) in [5, 5.41) is 8.93. The molecule has 18 heavy (non-hydrogen) atoms. The van der Waals surface area contributed by atoms with Gasteiger partial charge in [0.25, 0.3) is 0 Å². The molecule has 0 aromatic rings. The molecule has 0 aliphatic heterocycles. The van der Waals surface area contributed by atoms with E-state index in [2.05, 4.69) is 9.80 Å². The Balaban J connectivity index is 2.27. The highest BCUT2D eigenvalue weighted by Gasteiger charge is 2.16. The first-order valence-corrected chi connectivity index (χ1v) is 7.17. The normalized spacial score (nSPS) is 17.6. The number of hydrogen-bond acceptors (Lipinski definition) is 3. The Morgan fingerprint density at radius 2 is 1.78 bits per heavy atom. The third-order valence-electron chi connectivity index (χ3n) is 3.80. The lowest BCUT2D eigenvalue weighted by Crippen LogP contribution is -2.37. The maximum atomic E-state index is 10.9. The molecule has 1 rings (SSSR count). The zero-order chi connectivity index (χ0) is 13.4. The molecule has 0 amide bonds. The molecule has 1 aliphatic carbocycles. The van der Waals surface area contributed by atoms with Crippen molar-refractivity contribution in [1.82, 2.24) is 9.80 Å². The second kappa shape index (κ2) is 8.48. The van der Waals surface area contributed by atoms with E-state index in [1.54, 1.807) is 0 Å². The summed E-state index contributed by atoms with van der Waals surface area (Å²) < 4.78 is 0. The Labute approximate surface area is 111 Å². The maximum absolute atomic E-state index is 10.9. The van der Waals surface area contributed by atoms with E-state index >= 15 is 0 Å². The number of carbonyl (C=O) groups is 1. The summed E-state index contributed by atoms with van der Waals surface area (Å²) in [6.07, 6.45) is 7.96. The van der Waals surface area contributed by atoms with Crippen molar-refractivity contribution in [3.05, 3.63) is 0 Å². The van der Waals surface area contributed by atoms with Crippen molar-refractivity contribution < 1.29 is 9.90 Å². The first kappa shape index (κ1) is 15.4. The smallest absolute Gasteiger partial charge is 0.317 e. The van der Waals surface area contributed by atoms with E-state index in [1.807, 2.05) is 14.1 Å². The van der Waals surface area contributed by atoms with Gasteiger partial charge in [-0.1, -0.05) is 32.1 Å². The minimum absolute atomic E-state index is 0.181. The lowest BCUT2D eigenvalue weighted by molar-refractivity contribution is -0.138. The van der Waals surface area contributed by atoms with Crippen LogP contribution in [0.4, 0.5) is 0 Å². The highest BCUT2D eigenvalue weighted by molar-refractivity contribution is 5.69. The van der Waals surface area contributed by atoms with Crippen molar-refractivity contribution in [1.29, 1.82) is 0 Å². The van der Waals surface area contributed by atoms with E-state index in [4.69, 9.17) is 5.11 Å². The number of likely N-dealkylation sites (N-methyl/N-ethyl adjacent to an activating group) is 1. The van der Waals surface area contributed by atoms with Crippen LogP contribution in [0, 0.1) is 5.92 Å². The van der Waals surface area contributed by atoms with Crippen LogP contribution in [-0.4, -0.2) is 61.2 Å². The molecule has 0 heterocycles. The Hall–Kier alpha value is -0.610. The molecule has 106 valence electrons. The monoisotopic (exact) mass is 256 g/mol. The Morgan fingerprint density at radius 3 is 2.33 bits per heavy atom. The van der Waals surface area contributed by atoms with Gasteiger partial charge in [-0.25, -0.2) is 0 Å². The van der Waals surface area contributed by atoms with Crippen LogP contribution in [0.2, 0.25) is 0 Å². The summed E-state index contributed by atoms with van der Waals surface area (Å²) >= 11 is 0. The summed E-state index contributed by atoms with van der Waals surface area (Å²) in [7, 11) is 4.06. The Morgan fingerprint density at radius 1 is 1.11 bits per heavy atom. The predicted molar refractivity (Wildman–Crippen MR) is 73.8 cm³/mol. The van der Waals surface area contributed by atoms with Gasteiger partial charge in [0.2, 0.25) is 0 Å². The van der Waals surface area contributed by atoms with Crippen molar-refractivity contribution in [3.63, 3.8) is 0 Å². The van der Waals surface area contributed by atoms with Gasteiger partial charge in [0.15, 0.2) is 0 Å². The fourth-order valence-corrected chi connectivity index (χ4v) is 2.64. The van der Waals surface area contributed by atoms with Crippen molar-refractivity contribution in [2.75, 3.05) is 40.3 Å². The van der Waals surface area contributed by atoms with E-state index in [0.29, 0.717) is 0 Å². The van der Waals surface area contributed by atoms with Gasteiger partial charge in [-0.3, -0.25) is 9.69 Å². The van der Waals surface area contributed by atoms with Gasteiger partial charge < -0.3 is 10.0 Å². The molecule has 0 unspecified atom stereocenters. The average Bonchev–Trinajstić information content (AvgIpc) is 2.33. The number of aliphatic carboxylic acids is 1. The van der Waals surface area contributed by atoms with Crippen LogP contribution in [0.5, 0.6) is 0 Å². The van der Waals surface area contributed by atoms with Crippen LogP contribution >= 0.6 is 0 Å². The summed E-state index contributed by atoms with van der Waals surface area (Å²) in [6.45, 7) is 2.90. The zero-order valence-corrected chi connectivity index (χ0v) is 11.9. The van der Waals surface area contributed by atoms with Gasteiger partial charge in [-0.2, -0.15) is 0 Å². The third kappa shape index (κ3) is 6.97. The first-order chi connectivity index (χ1) is 8.58. The largest absolute Gasteiger partial charge is 0.480 e. The molecule has 0 bridgehead atoms. The second-order valence-corrected chi connectivity index (χ2v) is 5.77. The molecule has 1 aliphatic rings. The van der Waals surface area contributed by atoms with Crippen LogP contribution in [0.3, 0.4) is 0 Å². The summed E-state index contributed by atoms with van der Waals surface area (Å²) in [4.78, 5) is 15.0. The van der Waals surface area contributed by atoms with Crippen LogP contribution in [-0.2, 0) is 4.79 Å². The number of carboxylic acid groups (broad SMARTS) is 1. The van der Waals surface area contributed by atoms with Gasteiger partial charge in [0.05, 0.1) is 6.54 Å². The molecule has 0 spiro atoms. The van der Waals surface area contributed by atoms with Gasteiger partial charge in [0, 0.05) is 13.1 Å². The maximum Gasteiger partial charge on any atom is 0.317 e. The van der Waals surface area contributed by atoms with Crippen LogP contribution in [0.25, 0.3) is 0 Å². The number of carboxylic acids is 1. The van der Waals surface area contributed by atoms with E-state index in [-0.39, 0.29) is 6.54 Å². The van der Waals surface area contributed by atoms with Crippen LogP contribution in [0.15, 0.2) is 0 Å². The minimum Gasteiger partial charge on any atom is -0.480 e. The number of nitrogens with zero attached hydrogens (tertiary/aromatic N) is 2. The molecular formula is C14H28N2O2. The van der Waals surface area contributed by atoms with Gasteiger partial charge in [0.1, 0.15) is 0 Å². The van der Waals surface area contributed by atoms with Crippen molar-refractivity contribution in [2.24, 2.45) is 5.92 Å². The van der Waals surface area contributed by atoms with Crippen molar-refractivity contribution >= 4 is 5.97 Å². The third-order valence-corrected chi connectivity index (χ3v) is 3.80. The molecule has 1 N–H and O–H groups in total. The molecule has 0 radical (unpaired) electrons. The molecule has 0 saturated heterocycles. The second-order valence-electron chi connectivity index (χ2n) is 5.77. The Bertz CT molecular complexity index is 238. The van der Waals surface area contributed by atoms with E-state index in [1.165, 1.54) is 38.5 Å². The van der Waals surface area contributed by atoms with Crippen molar-refractivity contribution in [3.8, 4) is 0 Å². The van der Waals surface area contributed by atoms with Crippen LogP contribution < -0.4 is 0 Å². The predicted octanol–water partition coefficient (Wildman–Crippen LogP) is 1.90. The molecule has 4 heteroatoms. The SMILES string of the molecule is CN(C)CCN(CCC1CCCCC1)CC(=O)O. The van der Waals surface area contributed by atoms with E-state index in [9.17, 15) is 4.79 Å². The summed E-state index contributed by atoms with van der Waals surface area (Å²) in [5.41, 5.74) is 0. The van der Waals surface area contributed by atoms with Crippen molar-refractivity contribution in [2.45, 2.75) is 38.5 Å². The highest BCUT2D eigenvalue weighted by atomic mass is 16.4. The zero-order valence-electron chi connectivity index (χ0n) is 11.9. The van der Waals surface area contributed by atoms with Gasteiger partial charge in [-0.05, 0) is 33.0 Å². The highest BCUT2D eigenvalue weighted by Crippen LogP contribution is 2.26. The topological polar surface area (TPSA) is 43.8 Å². The molecular weight excluding hydrogens is 228 g/mol.